The third kappa shape index (κ3) is 4.82. The summed E-state index contributed by atoms with van der Waals surface area (Å²) in [6.45, 7) is 6.30. The van der Waals surface area contributed by atoms with Gasteiger partial charge >= 0.3 is 6.03 Å². The molecule has 1 fully saturated rings. The Hall–Kier alpha value is -2.34. The smallest absolute Gasteiger partial charge is 0.317 e. The van der Waals surface area contributed by atoms with Crippen LogP contribution in [0.3, 0.4) is 0 Å². The molecule has 0 radical (unpaired) electrons. The van der Waals surface area contributed by atoms with Gasteiger partial charge in [0.25, 0.3) is 0 Å². The average molecular weight is 341 g/mol. The lowest BCUT2D eigenvalue weighted by Gasteiger charge is -2.29. The van der Waals surface area contributed by atoms with Gasteiger partial charge in [0.15, 0.2) is 0 Å². The van der Waals surface area contributed by atoms with E-state index in [0.29, 0.717) is 6.54 Å². The van der Waals surface area contributed by atoms with Crippen LogP contribution in [0.25, 0.3) is 0 Å². The summed E-state index contributed by atoms with van der Waals surface area (Å²) in [4.78, 5) is 17.0. The first kappa shape index (κ1) is 17.5. The van der Waals surface area contributed by atoms with Crippen LogP contribution < -0.4 is 5.32 Å². The predicted octanol–water partition coefficient (Wildman–Crippen LogP) is 2.23. The molecule has 1 aliphatic rings. The number of carbonyl (C=O) groups excluding carboxylic acids is 1. The Morgan fingerprint density at radius 1 is 1.24 bits per heavy atom. The number of amides is 2. The zero-order valence-corrected chi connectivity index (χ0v) is 15.1. The molecule has 0 unspecified atom stereocenters. The van der Waals surface area contributed by atoms with E-state index in [1.165, 1.54) is 5.56 Å². The molecule has 0 aliphatic carbocycles. The molecule has 6 nitrogen and oxygen atoms in total. The molecule has 134 valence electrons. The van der Waals surface area contributed by atoms with Crippen LogP contribution in [0, 0.1) is 0 Å². The highest BCUT2D eigenvalue weighted by Crippen LogP contribution is 2.13. The Morgan fingerprint density at radius 3 is 2.76 bits per heavy atom. The van der Waals surface area contributed by atoms with Crippen LogP contribution >= 0.6 is 0 Å². The number of hydrogen-bond acceptors (Lipinski definition) is 3. The zero-order valence-electron chi connectivity index (χ0n) is 15.1. The van der Waals surface area contributed by atoms with Gasteiger partial charge in [-0.2, -0.15) is 5.10 Å². The van der Waals surface area contributed by atoms with Crippen LogP contribution in [0.15, 0.2) is 42.7 Å². The third-order valence-corrected chi connectivity index (χ3v) is 4.64. The summed E-state index contributed by atoms with van der Waals surface area (Å²) < 4.78 is 1.75. The lowest BCUT2D eigenvalue weighted by atomic mass is 10.2. The van der Waals surface area contributed by atoms with Gasteiger partial charge in [0.05, 0.1) is 6.20 Å². The second kappa shape index (κ2) is 8.16. The first-order chi connectivity index (χ1) is 12.1. The molecule has 1 aromatic carbocycles. The second-order valence-electron chi connectivity index (χ2n) is 6.80. The third-order valence-electron chi connectivity index (χ3n) is 4.64. The maximum atomic E-state index is 12.6. The SMILES string of the molecule is C[C@@H]1CN(Cc2ccccc2)CCCN1C(=O)NCc1cnn(C)c1. The number of aryl methyl sites for hydroxylation is 1. The van der Waals surface area contributed by atoms with Crippen molar-refractivity contribution < 1.29 is 4.79 Å². The standard InChI is InChI=1S/C19H27N5O/c1-16-13-23(15-17-7-4-3-5-8-17)9-6-10-24(16)19(25)20-11-18-12-21-22(2)14-18/h3-5,7-8,12,14,16H,6,9-11,13,15H2,1-2H3,(H,20,25)/t16-/m1/s1. The van der Waals surface area contributed by atoms with E-state index < -0.39 is 0 Å². The van der Waals surface area contributed by atoms with E-state index in [4.69, 9.17) is 0 Å². The molecule has 6 heteroatoms. The molecule has 1 saturated heterocycles. The van der Waals surface area contributed by atoms with Crippen LogP contribution in [0.4, 0.5) is 4.79 Å². The monoisotopic (exact) mass is 341 g/mol. The Balaban J connectivity index is 1.53. The van der Waals surface area contributed by atoms with Crippen molar-refractivity contribution in [3.63, 3.8) is 0 Å². The van der Waals surface area contributed by atoms with Crippen molar-refractivity contribution in [3.8, 4) is 0 Å². The minimum Gasteiger partial charge on any atom is -0.334 e. The number of nitrogens with one attached hydrogen (secondary N) is 1. The molecule has 2 heterocycles. The summed E-state index contributed by atoms with van der Waals surface area (Å²) >= 11 is 0. The zero-order chi connectivity index (χ0) is 17.6. The average Bonchev–Trinajstić information content (AvgIpc) is 2.93. The first-order valence-corrected chi connectivity index (χ1v) is 8.90. The highest BCUT2D eigenvalue weighted by molar-refractivity contribution is 5.74. The summed E-state index contributed by atoms with van der Waals surface area (Å²) in [7, 11) is 1.88. The molecular weight excluding hydrogens is 314 g/mol. The number of aromatic nitrogens is 2. The quantitative estimate of drug-likeness (QED) is 0.928. The van der Waals surface area contributed by atoms with Crippen LogP contribution in [0.2, 0.25) is 0 Å². The van der Waals surface area contributed by atoms with Gasteiger partial charge in [-0.3, -0.25) is 9.58 Å². The molecule has 1 aliphatic heterocycles. The van der Waals surface area contributed by atoms with E-state index in [-0.39, 0.29) is 12.1 Å². The van der Waals surface area contributed by atoms with Crippen molar-refractivity contribution in [2.45, 2.75) is 32.5 Å². The van der Waals surface area contributed by atoms with Crippen molar-refractivity contribution in [1.29, 1.82) is 0 Å². The molecule has 3 rings (SSSR count). The Labute approximate surface area is 149 Å². The second-order valence-corrected chi connectivity index (χ2v) is 6.80. The van der Waals surface area contributed by atoms with E-state index >= 15 is 0 Å². The van der Waals surface area contributed by atoms with Crippen LogP contribution in [0.1, 0.15) is 24.5 Å². The van der Waals surface area contributed by atoms with E-state index in [0.717, 1.165) is 38.2 Å². The summed E-state index contributed by atoms with van der Waals surface area (Å²) in [5.74, 6) is 0. The molecule has 1 aromatic heterocycles. The summed E-state index contributed by atoms with van der Waals surface area (Å²) in [6.07, 6.45) is 4.71. The highest BCUT2D eigenvalue weighted by Gasteiger charge is 2.25. The minimum absolute atomic E-state index is 0.0120. The molecule has 0 spiro atoms. The molecular formula is C19H27N5O. The fraction of sp³-hybridized carbons (Fsp3) is 0.474. The van der Waals surface area contributed by atoms with Crippen LogP contribution in [0.5, 0.6) is 0 Å². The van der Waals surface area contributed by atoms with Crippen LogP contribution in [-0.2, 0) is 20.1 Å². The lowest BCUT2D eigenvalue weighted by molar-refractivity contribution is 0.172. The predicted molar refractivity (Wildman–Crippen MR) is 97.9 cm³/mol. The van der Waals surface area contributed by atoms with Crippen molar-refractivity contribution in [3.05, 3.63) is 53.9 Å². The molecule has 0 saturated carbocycles. The first-order valence-electron chi connectivity index (χ1n) is 8.90. The lowest BCUT2D eigenvalue weighted by Crippen LogP contribution is -2.47. The van der Waals surface area contributed by atoms with Gasteiger partial charge in [0.2, 0.25) is 0 Å². The molecule has 1 N–H and O–H groups in total. The van der Waals surface area contributed by atoms with Gasteiger partial charge in [-0.05, 0) is 18.9 Å². The molecule has 1 atom stereocenters. The van der Waals surface area contributed by atoms with Crippen LogP contribution in [-0.4, -0.2) is 51.3 Å². The van der Waals surface area contributed by atoms with Crippen molar-refractivity contribution in [2.24, 2.45) is 7.05 Å². The molecule has 25 heavy (non-hydrogen) atoms. The highest BCUT2D eigenvalue weighted by atomic mass is 16.2. The Bertz CT molecular complexity index is 684. The summed E-state index contributed by atoms with van der Waals surface area (Å²) in [6, 6.07) is 10.7. The number of carbonyl (C=O) groups is 1. The van der Waals surface area contributed by atoms with E-state index in [9.17, 15) is 4.79 Å². The van der Waals surface area contributed by atoms with E-state index in [2.05, 4.69) is 46.5 Å². The van der Waals surface area contributed by atoms with Crippen molar-refractivity contribution in [2.75, 3.05) is 19.6 Å². The summed E-state index contributed by atoms with van der Waals surface area (Å²) in [5.41, 5.74) is 2.34. The Kier molecular flexibility index (Phi) is 5.71. The maximum absolute atomic E-state index is 12.6. The van der Waals surface area contributed by atoms with Crippen molar-refractivity contribution in [1.82, 2.24) is 24.9 Å². The van der Waals surface area contributed by atoms with Gasteiger partial charge in [0.1, 0.15) is 0 Å². The molecule has 0 bridgehead atoms. The molecule has 2 aromatic rings. The van der Waals surface area contributed by atoms with Gasteiger partial charge in [-0.1, -0.05) is 30.3 Å². The number of benzene rings is 1. The summed E-state index contributed by atoms with van der Waals surface area (Å²) in [5, 5.41) is 7.15. The van der Waals surface area contributed by atoms with E-state index in [1.807, 2.05) is 24.2 Å². The number of urea groups is 1. The fourth-order valence-corrected chi connectivity index (χ4v) is 3.38. The topological polar surface area (TPSA) is 53.4 Å². The molecule has 2 amide bonds. The number of nitrogens with zero attached hydrogens (tertiary/aromatic N) is 4. The largest absolute Gasteiger partial charge is 0.334 e. The maximum Gasteiger partial charge on any atom is 0.317 e. The van der Waals surface area contributed by atoms with Gasteiger partial charge in [-0.25, -0.2) is 4.79 Å². The van der Waals surface area contributed by atoms with Gasteiger partial charge in [0, 0.05) is 57.6 Å². The van der Waals surface area contributed by atoms with Gasteiger partial charge in [-0.15, -0.1) is 0 Å². The van der Waals surface area contributed by atoms with E-state index in [1.54, 1.807) is 10.9 Å². The normalized spacial score (nSPS) is 18.8. The van der Waals surface area contributed by atoms with Crippen molar-refractivity contribution >= 4 is 6.03 Å². The number of rotatable bonds is 4. The Morgan fingerprint density at radius 2 is 2.04 bits per heavy atom. The number of hydrogen-bond donors (Lipinski definition) is 1. The van der Waals surface area contributed by atoms with Gasteiger partial charge < -0.3 is 10.2 Å². The fourth-order valence-electron chi connectivity index (χ4n) is 3.38. The minimum atomic E-state index is 0.0120.